The number of rotatable bonds is 5. The third-order valence-corrected chi connectivity index (χ3v) is 6.73. The highest BCUT2D eigenvalue weighted by Gasteiger charge is 2.27. The van der Waals surface area contributed by atoms with Gasteiger partial charge in [-0.05, 0) is 78.0 Å². The third-order valence-electron chi connectivity index (χ3n) is 6.73. The Hall–Kier alpha value is -3.70. The molecule has 8 heteroatoms. The molecule has 5 heterocycles. The largest absolute Gasteiger partial charge is 0.482 e. The minimum Gasteiger partial charge on any atom is -0.482 e. The van der Waals surface area contributed by atoms with Crippen molar-refractivity contribution in [2.75, 3.05) is 20.1 Å². The predicted octanol–water partition coefficient (Wildman–Crippen LogP) is 4.49. The molecule has 174 valence electrons. The molecule has 5 rings (SSSR count). The summed E-state index contributed by atoms with van der Waals surface area (Å²) in [6.07, 6.45) is 5.47. The molecule has 1 saturated heterocycles. The topological polar surface area (TPSA) is 84.3 Å². The molecule has 0 amide bonds. The second-order valence-corrected chi connectivity index (χ2v) is 9.04. The Balaban J connectivity index is 1.57. The number of piperidine rings is 1. The Morgan fingerprint density at radius 3 is 2.62 bits per heavy atom. The monoisotopic (exact) mass is 455 g/mol. The maximum atomic E-state index is 10.2. The number of aryl methyl sites for hydroxylation is 1. The fourth-order valence-electron chi connectivity index (χ4n) is 4.91. The number of pyridine rings is 2. The average molecular weight is 456 g/mol. The van der Waals surface area contributed by atoms with Gasteiger partial charge in [-0.1, -0.05) is 6.07 Å². The Morgan fingerprint density at radius 2 is 1.91 bits per heavy atom. The molecule has 4 aromatic heterocycles. The Bertz CT molecular complexity index is 1360. The summed E-state index contributed by atoms with van der Waals surface area (Å²) in [4.78, 5) is 6.75. The summed E-state index contributed by atoms with van der Waals surface area (Å²) in [6.45, 7) is 8.16. The van der Waals surface area contributed by atoms with Crippen LogP contribution >= 0.6 is 0 Å². The molecule has 0 N–H and O–H groups in total. The zero-order chi connectivity index (χ0) is 23.8. The van der Waals surface area contributed by atoms with Gasteiger partial charge in [-0.3, -0.25) is 9.67 Å². The number of nitrogens with zero attached hydrogens (tertiary/aromatic N) is 7. The standard InChI is InChI=1S/C26H29N7O/c1-17-24(18(2)33(29-17)20-10-14-31(4)15-11-20)25-21(16-27)26-23(9-7-13-32(26)30-25)34-19(3)22-8-5-6-12-28-22/h5-9,12-13,19-20H,10-11,14-15H2,1-4H3/t19-/m1/s1. The molecule has 0 bridgehead atoms. The number of ether oxygens (including phenoxy) is 1. The van der Waals surface area contributed by atoms with Gasteiger partial charge in [0.15, 0.2) is 0 Å². The van der Waals surface area contributed by atoms with Crippen LogP contribution in [0.25, 0.3) is 16.8 Å². The summed E-state index contributed by atoms with van der Waals surface area (Å²) in [6, 6.07) is 12.3. The summed E-state index contributed by atoms with van der Waals surface area (Å²) >= 11 is 0. The summed E-state index contributed by atoms with van der Waals surface area (Å²) in [5.74, 6) is 0.606. The number of hydrogen-bond donors (Lipinski definition) is 0. The van der Waals surface area contributed by atoms with E-state index in [4.69, 9.17) is 14.9 Å². The highest BCUT2D eigenvalue weighted by molar-refractivity contribution is 5.82. The third kappa shape index (κ3) is 3.82. The maximum absolute atomic E-state index is 10.2. The minimum atomic E-state index is -0.270. The molecule has 1 atom stereocenters. The lowest BCUT2D eigenvalue weighted by Gasteiger charge is -2.29. The second kappa shape index (κ2) is 8.92. The molecule has 1 aliphatic rings. The van der Waals surface area contributed by atoms with E-state index < -0.39 is 0 Å². The molecule has 0 spiro atoms. The summed E-state index contributed by atoms with van der Waals surface area (Å²) < 4.78 is 10.2. The van der Waals surface area contributed by atoms with Crippen LogP contribution in [0.1, 0.15) is 54.6 Å². The first-order chi connectivity index (χ1) is 16.5. The van der Waals surface area contributed by atoms with Crippen LogP contribution in [-0.2, 0) is 0 Å². The van der Waals surface area contributed by atoms with E-state index in [0.717, 1.165) is 48.6 Å². The molecular weight excluding hydrogens is 426 g/mol. The fraction of sp³-hybridized carbons (Fsp3) is 0.385. The average Bonchev–Trinajstić information content (AvgIpc) is 3.36. The predicted molar refractivity (Wildman–Crippen MR) is 130 cm³/mol. The van der Waals surface area contributed by atoms with Crippen molar-refractivity contribution < 1.29 is 4.74 Å². The molecular formula is C26H29N7O. The van der Waals surface area contributed by atoms with Gasteiger partial charge in [0.05, 0.1) is 17.4 Å². The van der Waals surface area contributed by atoms with Crippen LogP contribution in [0.15, 0.2) is 42.7 Å². The van der Waals surface area contributed by atoms with E-state index in [2.05, 4.69) is 34.6 Å². The van der Waals surface area contributed by atoms with Crippen molar-refractivity contribution in [3.8, 4) is 23.1 Å². The van der Waals surface area contributed by atoms with Gasteiger partial charge in [0.2, 0.25) is 0 Å². The smallest absolute Gasteiger partial charge is 0.147 e. The Labute approximate surface area is 199 Å². The van der Waals surface area contributed by atoms with Crippen molar-refractivity contribution in [3.63, 3.8) is 0 Å². The van der Waals surface area contributed by atoms with Crippen molar-refractivity contribution >= 4 is 5.52 Å². The highest BCUT2D eigenvalue weighted by atomic mass is 16.5. The van der Waals surface area contributed by atoms with Crippen molar-refractivity contribution in [1.29, 1.82) is 5.26 Å². The first kappa shape index (κ1) is 22.1. The number of likely N-dealkylation sites (tertiary alicyclic amines) is 1. The molecule has 0 saturated carbocycles. The van der Waals surface area contributed by atoms with E-state index in [9.17, 15) is 5.26 Å². The number of aromatic nitrogens is 5. The Morgan fingerprint density at radius 1 is 1.12 bits per heavy atom. The van der Waals surface area contributed by atoms with E-state index >= 15 is 0 Å². The van der Waals surface area contributed by atoms with E-state index in [1.165, 1.54) is 0 Å². The molecule has 0 aromatic carbocycles. The molecule has 4 aromatic rings. The van der Waals surface area contributed by atoms with Gasteiger partial charge in [-0.15, -0.1) is 0 Å². The lowest BCUT2D eigenvalue weighted by atomic mass is 10.0. The van der Waals surface area contributed by atoms with Crippen LogP contribution in [0, 0.1) is 25.2 Å². The molecule has 0 unspecified atom stereocenters. The van der Waals surface area contributed by atoms with E-state index in [1.54, 1.807) is 10.7 Å². The van der Waals surface area contributed by atoms with Gasteiger partial charge >= 0.3 is 0 Å². The molecule has 0 radical (unpaired) electrons. The van der Waals surface area contributed by atoms with Crippen molar-refractivity contribution in [1.82, 2.24) is 29.3 Å². The number of nitriles is 1. The number of hydrogen-bond acceptors (Lipinski definition) is 6. The second-order valence-electron chi connectivity index (χ2n) is 9.04. The van der Waals surface area contributed by atoms with Gasteiger partial charge in [0.25, 0.3) is 0 Å². The lowest BCUT2D eigenvalue weighted by Crippen LogP contribution is -2.32. The fourth-order valence-corrected chi connectivity index (χ4v) is 4.91. The zero-order valence-electron chi connectivity index (χ0n) is 20.1. The van der Waals surface area contributed by atoms with Crippen LogP contribution in [0.2, 0.25) is 0 Å². The maximum Gasteiger partial charge on any atom is 0.147 e. The van der Waals surface area contributed by atoms with Gasteiger partial charge in [-0.25, -0.2) is 4.52 Å². The molecule has 34 heavy (non-hydrogen) atoms. The van der Waals surface area contributed by atoms with Crippen LogP contribution in [0.4, 0.5) is 0 Å². The van der Waals surface area contributed by atoms with E-state index in [1.807, 2.05) is 50.4 Å². The highest BCUT2D eigenvalue weighted by Crippen LogP contribution is 2.37. The molecule has 0 aliphatic carbocycles. The quantitative estimate of drug-likeness (QED) is 0.441. The van der Waals surface area contributed by atoms with Gasteiger partial charge < -0.3 is 9.64 Å². The van der Waals surface area contributed by atoms with E-state index in [0.29, 0.717) is 28.6 Å². The minimum absolute atomic E-state index is 0.270. The Kier molecular flexibility index (Phi) is 5.80. The van der Waals surface area contributed by atoms with Crippen molar-refractivity contribution in [2.24, 2.45) is 0 Å². The van der Waals surface area contributed by atoms with Gasteiger partial charge in [0.1, 0.15) is 34.7 Å². The lowest BCUT2D eigenvalue weighted by molar-refractivity contribution is 0.210. The first-order valence-corrected chi connectivity index (χ1v) is 11.7. The normalized spacial score (nSPS) is 16.0. The summed E-state index contributed by atoms with van der Waals surface area (Å²) in [5.41, 5.74) is 5.51. The van der Waals surface area contributed by atoms with Gasteiger partial charge in [0, 0.05) is 23.7 Å². The SMILES string of the molecule is Cc1nn(C2CCN(C)CC2)c(C)c1-c1nn2cccc(O[C@H](C)c3ccccn3)c2c1C#N. The van der Waals surface area contributed by atoms with Gasteiger partial charge in [-0.2, -0.15) is 15.5 Å². The van der Waals surface area contributed by atoms with Crippen molar-refractivity contribution in [3.05, 3.63) is 65.4 Å². The first-order valence-electron chi connectivity index (χ1n) is 11.7. The van der Waals surface area contributed by atoms with E-state index in [-0.39, 0.29) is 6.10 Å². The van der Waals surface area contributed by atoms with Crippen LogP contribution in [0.3, 0.4) is 0 Å². The van der Waals surface area contributed by atoms with Crippen LogP contribution in [-0.4, -0.2) is 49.4 Å². The summed E-state index contributed by atoms with van der Waals surface area (Å²) in [5, 5.41) is 19.9. The molecule has 1 aliphatic heterocycles. The summed E-state index contributed by atoms with van der Waals surface area (Å²) in [7, 11) is 2.16. The molecule has 1 fully saturated rings. The van der Waals surface area contributed by atoms with Crippen LogP contribution in [0.5, 0.6) is 5.75 Å². The zero-order valence-corrected chi connectivity index (χ0v) is 20.1. The van der Waals surface area contributed by atoms with Crippen molar-refractivity contribution in [2.45, 2.75) is 45.8 Å². The van der Waals surface area contributed by atoms with Crippen LogP contribution < -0.4 is 4.74 Å². The number of fused-ring (bicyclic) bond motifs is 1. The molecule has 8 nitrogen and oxygen atoms in total.